The van der Waals surface area contributed by atoms with E-state index in [0.717, 1.165) is 6.42 Å². The lowest BCUT2D eigenvalue weighted by molar-refractivity contribution is 0.0907. The summed E-state index contributed by atoms with van der Waals surface area (Å²) in [4.78, 5) is 11.7. The van der Waals surface area contributed by atoms with Crippen LogP contribution >= 0.6 is 0 Å². The van der Waals surface area contributed by atoms with E-state index < -0.39 is 6.10 Å². The highest BCUT2D eigenvalue weighted by Crippen LogP contribution is 2.20. The van der Waals surface area contributed by atoms with Crippen molar-refractivity contribution in [1.29, 1.82) is 0 Å². The van der Waals surface area contributed by atoms with Gasteiger partial charge in [-0.1, -0.05) is 25.5 Å². The topological polar surface area (TPSA) is 69.6 Å². The predicted molar refractivity (Wildman–Crippen MR) is 66.1 cm³/mol. The number of aliphatic hydroxyl groups excluding tert-OH is 1. The molecule has 94 valence electrons. The maximum absolute atomic E-state index is 11.7. The van der Waals surface area contributed by atoms with E-state index in [1.54, 1.807) is 25.1 Å². The van der Waals surface area contributed by atoms with Crippen molar-refractivity contribution in [2.24, 2.45) is 0 Å². The molecule has 0 saturated carbocycles. The third-order valence-electron chi connectivity index (χ3n) is 2.60. The second-order valence-corrected chi connectivity index (χ2v) is 4.12. The van der Waals surface area contributed by atoms with Gasteiger partial charge < -0.3 is 15.5 Å². The van der Waals surface area contributed by atoms with Crippen LogP contribution in [0.15, 0.2) is 18.2 Å². The summed E-state index contributed by atoms with van der Waals surface area (Å²) >= 11 is 0. The SMILES string of the molecule is CCCC(O)CNC(=O)c1cccc(C)c1O. The Morgan fingerprint density at radius 2 is 2.18 bits per heavy atom. The number of carbonyl (C=O) groups excluding carboxylic acids is 1. The molecule has 1 rings (SSSR count). The number of aliphatic hydroxyl groups is 1. The van der Waals surface area contributed by atoms with Gasteiger partial charge in [-0.05, 0) is 25.0 Å². The normalized spacial score (nSPS) is 12.2. The molecule has 1 unspecified atom stereocenters. The summed E-state index contributed by atoms with van der Waals surface area (Å²) in [6, 6.07) is 5.01. The van der Waals surface area contributed by atoms with E-state index in [0.29, 0.717) is 12.0 Å². The van der Waals surface area contributed by atoms with Crippen LogP contribution in [0, 0.1) is 6.92 Å². The second kappa shape index (κ2) is 6.25. The number of aromatic hydroxyl groups is 1. The van der Waals surface area contributed by atoms with Gasteiger partial charge in [0.1, 0.15) is 5.75 Å². The highest BCUT2D eigenvalue weighted by molar-refractivity contribution is 5.97. The largest absolute Gasteiger partial charge is 0.507 e. The standard InChI is InChI=1S/C13H19NO3/c1-3-5-10(15)8-14-13(17)11-7-4-6-9(2)12(11)16/h4,6-7,10,15-16H,3,5,8H2,1-2H3,(H,14,17). The molecule has 0 radical (unpaired) electrons. The fourth-order valence-corrected chi connectivity index (χ4v) is 1.58. The Hall–Kier alpha value is -1.55. The number of carbonyl (C=O) groups is 1. The molecule has 1 aromatic rings. The number of hydrogen-bond donors (Lipinski definition) is 3. The molecule has 1 aromatic carbocycles. The monoisotopic (exact) mass is 237 g/mol. The molecule has 4 nitrogen and oxygen atoms in total. The Morgan fingerprint density at radius 3 is 2.82 bits per heavy atom. The number of phenols is 1. The Bertz CT molecular complexity index is 390. The van der Waals surface area contributed by atoms with E-state index >= 15 is 0 Å². The summed E-state index contributed by atoms with van der Waals surface area (Å²) in [7, 11) is 0. The molecule has 3 N–H and O–H groups in total. The third kappa shape index (κ3) is 3.75. The maximum atomic E-state index is 11.7. The van der Waals surface area contributed by atoms with Gasteiger partial charge in [-0.2, -0.15) is 0 Å². The zero-order valence-electron chi connectivity index (χ0n) is 10.2. The predicted octanol–water partition coefficient (Wildman–Crippen LogP) is 1.59. The molecule has 0 heterocycles. The maximum Gasteiger partial charge on any atom is 0.255 e. The molecule has 0 bridgehead atoms. The van der Waals surface area contributed by atoms with Crippen LogP contribution in [0.4, 0.5) is 0 Å². The lowest BCUT2D eigenvalue weighted by Gasteiger charge is -2.12. The quantitative estimate of drug-likeness (QED) is 0.728. The number of phenolic OH excluding ortho intramolecular Hbond substituents is 1. The molecule has 0 aliphatic carbocycles. The number of nitrogens with one attached hydrogen (secondary N) is 1. The fourth-order valence-electron chi connectivity index (χ4n) is 1.58. The fraction of sp³-hybridized carbons (Fsp3) is 0.462. The van der Waals surface area contributed by atoms with Crippen molar-refractivity contribution < 1.29 is 15.0 Å². The van der Waals surface area contributed by atoms with Gasteiger partial charge in [0.15, 0.2) is 0 Å². The zero-order valence-corrected chi connectivity index (χ0v) is 10.2. The van der Waals surface area contributed by atoms with E-state index in [9.17, 15) is 15.0 Å². The van der Waals surface area contributed by atoms with Gasteiger partial charge in [-0.15, -0.1) is 0 Å². The van der Waals surface area contributed by atoms with Crippen molar-refractivity contribution in [3.05, 3.63) is 29.3 Å². The summed E-state index contributed by atoms with van der Waals surface area (Å²) < 4.78 is 0. The Kier molecular flexibility index (Phi) is 4.97. The molecular formula is C13H19NO3. The first-order valence-corrected chi connectivity index (χ1v) is 5.81. The minimum absolute atomic E-state index is 0.00465. The van der Waals surface area contributed by atoms with Gasteiger partial charge in [0.05, 0.1) is 11.7 Å². The molecule has 0 aliphatic rings. The van der Waals surface area contributed by atoms with E-state index in [-0.39, 0.29) is 23.8 Å². The number of amides is 1. The first-order chi connectivity index (χ1) is 8.06. The van der Waals surface area contributed by atoms with Crippen LogP contribution in [0.5, 0.6) is 5.75 Å². The molecule has 0 fully saturated rings. The van der Waals surface area contributed by atoms with Gasteiger partial charge in [0, 0.05) is 6.54 Å². The van der Waals surface area contributed by atoms with Crippen LogP contribution < -0.4 is 5.32 Å². The van der Waals surface area contributed by atoms with Gasteiger partial charge in [-0.25, -0.2) is 0 Å². The van der Waals surface area contributed by atoms with Crippen molar-refractivity contribution >= 4 is 5.91 Å². The number of rotatable bonds is 5. The first kappa shape index (κ1) is 13.5. The van der Waals surface area contributed by atoms with Gasteiger partial charge >= 0.3 is 0 Å². The van der Waals surface area contributed by atoms with Crippen LogP contribution in [0.25, 0.3) is 0 Å². The van der Waals surface area contributed by atoms with E-state index in [4.69, 9.17) is 0 Å². The van der Waals surface area contributed by atoms with Gasteiger partial charge in [0.2, 0.25) is 0 Å². The summed E-state index contributed by atoms with van der Waals surface area (Å²) in [5.74, 6) is -0.365. The van der Waals surface area contributed by atoms with Crippen LogP contribution in [0.2, 0.25) is 0 Å². The average Bonchev–Trinajstić information content (AvgIpc) is 2.30. The smallest absolute Gasteiger partial charge is 0.255 e. The summed E-state index contributed by atoms with van der Waals surface area (Å²) in [5, 5.41) is 21.8. The molecule has 1 atom stereocenters. The molecule has 0 aromatic heterocycles. The van der Waals surface area contributed by atoms with Gasteiger partial charge in [0.25, 0.3) is 5.91 Å². The molecular weight excluding hydrogens is 218 g/mol. The lowest BCUT2D eigenvalue weighted by atomic mass is 10.1. The van der Waals surface area contributed by atoms with Crippen molar-refractivity contribution in [1.82, 2.24) is 5.32 Å². The number of benzene rings is 1. The van der Waals surface area contributed by atoms with Crippen molar-refractivity contribution in [3.63, 3.8) is 0 Å². The molecule has 0 aliphatic heterocycles. The summed E-state index contributed by atoms with van der Waals surface area (Å²) in [6.45, 7) is 3.91. The Balaban J connectivity index is 2.61. The lowest BCUT2D eigenvalue weighted by Crippen LogP contribution is -2.32. The Morgan fingerprint density at radius 1 is 1.47 bits per heavy atom. The van der Waals surface area contributed by atoms with E-state index in [1.165, 1.54) is 0 Å². The number of hydrogen-bond acceptors (Lipinski definition) is 3. The highest BCUT2D eigenvalue weighted by Gasteiger charge is 2.13. The Labute approximate surface area is 101 Å². The van der Waals surface area contributed by atoms with Crippen molar-refractivity contribution in [2.75, 3.05) is 6.54 Å². The van der Waals surface area contributed by atoms with Crippen LogP contribution in [0.3, 0.4) is 0 Å². The summed E-state index contributed by atoms with van der Waals surface area (Å²) in [6.07, 6.45) is 0.989. The average molecular weight is 237 g/mol. The minimum Gasteiger partial charge on any atom is -0.507 e. The van der Waals surface area contributed by atoms with Crippen molar-refractivity contribution in [2.45, 2.75) is 32.8 Å². The molecule has 4 heteroatoms. The van der Waals surface area contributed by atoms with Crippen LogP contribution in [0.1, 0.15) is 35.7 Å². The minimum atomic E-state index is -0.532. The van der Waals surface area contributed by atoms with E-state index in [2.05, 4.69) is 5.32 Å². The molecule has 17 heavy (non-hydrogen) atoms. The van der Waals surface area contributed by atoms with Crippen LogP contribution in [-0.2, 0) is 0 Å². The van der Waals surface area contributed by atoms with Crippen molar-refractivity contribution in [3.8, 4) is 5.75 Å². The number of para-hydroxylation sites is 1. The third-order valence-corrected chi connectivity index (χ3v) is 2.60. The first-order valence-electron chi connectivity index (χ1n) is 5.81. The van der Waals surface area contributed by atoms with Gasteiger partial charge in [-0.3, -0.25) is 4.79 Å². The molecule has 1 amide bonds. The summed E-state index contributed by atoms with van der Waals surface area (Å²) in [5.41, 5.74) is 0.903. The van der Waals surface area contributed by atoms with Crippen LogP contribution in [-0.4, -0.2) is 28.8 Å². The highest BCUT2D eigenvalue weighted by atomic mass is 16.3. The van der Waals surface area contributed by atoms with E-state index in [1.807, 2.05) is 6.92 Å². The zero-order chi connectivity index (χ0) is 12.8. The molecule has 0 saturated heterocycles. The second-order valence-electron chi connectivity index (χ2n) is 4.12. The number of aryl methyl sites for hydroxylation is 1. The molecule has 0 spiro atoms.